The van der Waals surface area contributed by atoms with E-state index in [1.165, 1.54) is 6.08 Å². The maximum Gasteiger partial charge on any atom is 0.254 e. The van der Waals surface area contributed by atoms with E-state index in [2.05, 4.69) is 26.7 Å². The third-order valence-electron chi connectivity index (χ3n) is 4.00. The number of amides is 2. The highest BCUT2D eigenvalue weighted by atomic mass is 16.2. The lowest BCUT2D eigenvalue weighted by Crippen LogP contribution is -2.27. The molecule has 1 aromatic heterocycles. The molecule has 7 nitrogen and oxygen atoms in total. The van der Waals surface area contributed by atoms with E-state index in [1.54, 1.807) is 36.2 Å². The van der Waals surface area contributed by atoms with E-state index in [1.807, 2.05) is 0 Å². The average Bonchev–Trinajstić information content (AvgIpc) is 3.20. The molecule has 0 atom stereocenters. The molecule has 2 amide bonds. The molecule has 24 heavy (non-hydrogen) atoms. The summed E-state index contributed by atoms with van der Waals surface area (Å²) >= 11 is 0. The van der Waals surface area contributed by atoms with E-state index in [4.69, 9.17) is 0 Å². The number of carbonyl (C=O) groups is 2. The van der Waals surface area contributed by atoms with Crippen LogP contribution in [0, 0.1) is 0 Å². The van der Waals surface area contributed by atoms with E-state index < -0.39 is 0 Å². The molecule has 1 aliphatic rings. The lowest BCUT2D eigenvalue weighted by molar-refractivity contribution is -0.111. The number of aryl methyl sites for hydroxylation is 1. The number of aromatic nitrogens is 3. The maximum absolute atomic E-state index is 12.5. The van der Waals surface area contributed by atoms with Gasteiger partial charge in [0.05, 0.1) is 6.54 Å². The Balaban J connectivity index is 1.66. The molecule has 0 saturated carbocycles. The van der Waals surface area contributed by atoms with Crippen molar-refractivity contribution in [3.63, 3.8) is 0 Å². The van der Waals surface area contributed by atoms with E-state index >= 15 is 0 Å². The fourth-order valence-corrected chi connectivity index (χ4v) is 2.72. The molecule has 124 valence electrons. The molecular formula is C17H19N5O2. The van der Waals surface area contributed by atoms with Crippen molar-refractivity contribution >= 4 is 17.5 Å². The molecule has 7 heteroatoms. The molecule has 0 aliphatic carbocycles. The smallest absolute Gasteiger partial charge is 0.254 e. The summed E-state index contributed by atoms with van der Waals surface area (Å²) in [5.41, 5.74) is 1.17. The second-order valence-corrected chi connectivity index (χ2v) is 5.72. The molecule has 0 radical (unpaired) electrons. The minimum atomic E-state index is -0.285. The van der Waals surface area contributed by atoms with Crippen molar-refractivity contribution in [2.75, 3.05) is 12.4 Å². The largest absolute Gasteiger partial charge is 0.334 e. The minimum Gasteiger partial charge on any atom is -0.334 e. The molecule has 0 spiro atoms. The number of anilines is 1. The highest BCUT2D eigenvalue weighted by Gasteiger charge is 2.20. The van der Waals surface area contributed by atoms with Gasteiger partial charge in [-0.05, 0) is 36.8 Å². The summed E-state index contributed by atoms with van der Waals surface area (Å²) in [6.07, 6.45) is 3.22. The Kier molecular flexibility index (Phi) is 4.41. The molecule has 2 heterocycles. The molecule has 3 rings (SSSR count). The monoisotopic (exact) mass is 325 g/mol. The molecule has 1 aliphatic heterocycles. The van der Waals surface area contributed by atoms with Gasteiger partial charge in [0.15, 0.2) is 5.82 Å². The van der Waals surface area contributed by atoms with Gasteiger partial charge in [-0.15, -0.1) is 10.2 Å². The van der Waals surface area contributed by atoms with Crippen LogP contribution >= 0.6 is 0 Å². The Morgan fingerprint density at radius 3 is 2.79 bits per heavy atom. The Labute approximate surface area is 140 Å². The van der Waals surface area contributed by atoms with Gasteiger partial charge in [0.25, 0.3) is 5.91 Å². The number of nitrogens with zero attached hydrogens (tertiary/aromatic N) is 4. The molecule has 1 N–H and O–H groups in total. The first-order valence-electron chi connectivity index (χ1n) is 7.78. The van der Waals surface area contributed by atoms with Crippen LogP contribution in [0.15, 0.2) is 36.9 Å². The van der Waals surface area contributed by atoms with Crippen molar-refractivity contribution < 1.29 is 9.59 Å². The van der Waals surface area contributed by atoms with Crippen molar-refractivity contribution in [1.82, 2.24) is 19.7 Å². The van der Waals surface area contributed by atoms with Gasteiger partial charge >= 0.3 is 0 Å². The molecule has 1 aromatic carbocycles. The average molecular weight is 325 g/mol. The zero-order valence-electron chi connectivity index (χ0n) is 13.5. The molecule has 0 unspecified atom stereocenters. The predicted molar refractivity (Wildman–Crippen MR) is 89.4 cm³/mol. The normalized spacial score (nSPS) is 12.5. The number of nitrogens with one attached hydrogen (secondary N) is 1. The Morgan fingerprint density at radius 1 is 1.33 bits per heavy atom. The minimum absolute atomic E-state index is 0.105. The van der Waals surface area contributed by atoms with E-state index in [-0.39, 0.29) is 11.8 Å². The lowest BCUT2D eigenvalue weighted by Gasteiger charge is -2.17. The van der Waals surface area contributed by atoms with Gasteiger partial charge in [-0.3, -0.25) is 9.59 Å². The third kappa shape index (κ3) is 3.19. The topological polar surface area (TPSA) is 80.1 Å². The molecule has 0 saturated heterocycles. The second-order valence-electron chi connectivity index (χ2n) is 5.72. The summed E-state index contributed by atoms with van der Waals surface area (Å²) in [5.74, 6) is 1.42. The Morgan fingerprint density at radius 2 is 2.08 bits per heavy atom. The van der Waals surface area contributed by atoms with Crippen LogP contribution in [0.5, 0.6) is 0 Å². The highest BCUT2D eigenvalue weighted by Crippen LogP contribution is 2.16. The van der Waals surface area contributed by atoms with Crippen LogP contribution in [-0.2, 0) is 24.3 Å². The van der Waals surface area contributed by atoms with Crippen molar-refractivity contribution in [3.05, 3.63) is 54.1 Å². The van der Waals surface area contributed by atoms with Crippen LogP contribution in [0.1, 0.15) is 28.4 Å². The lowest BCUT2D eigenvalue weighted by atomic mass is 10.2. The first kappa shape index (κ1) is 15.9. The van der Waals surface area contributed by atoms with Crippen molar-refractivity contribution in [1.29, 1.82) is 0 Å². The zero-order chi connectivity index (χ0) is 17.1. The summed E-state index contributed by atoms with van der Waals surface area (Å²) < 4.78 is 2.08. The zero-order valence-corrected chi connectivity index (χ0v) is 13.5. The van der Waals surface area contributed by atoms with E-state index in [0.29, 0.717) is 17.8 Å². The number of hydrogen-bond donors (Lipinski definition) is 1. The van der Waals surface area contributed by atoms with E-state index in [9.17, 15) is 9.59 Å². The van der Waals surface area contributed by atoms with Crippen molar-refractivity contribution in [3.8, 4) is 0 Å². The van der Waals surface area contributed by atoms with Crippen molar-refractivity contribution in [2.45, 2.75) is 25.9 Å². The van der Waals surface area contributed by atoms with E-state index in [0.717, 1.165) is 31.0 Å². The van der Waals surface area contributed by atoms with Crippen LogP contribution in [0.25, 0.3) is 0 Å². The van der Waals surface area contributed by atoms with Crippen LogP contribution < -0.4 is 5.32 Å². The molecule has 0 bridgehead atoms. The van der Waals surface area contributed by atoms with Crippen LogP contribution in [0.2, 0.25) is 0 Å². The molecular weight excluding hydrogens is 306 g/mol. The fourth-order valence-electron chi connectivity index (χ4n) is 2.72. The first-order valence-corrected chi connectivity index (χ1v) is 7.78. The summed E-state index contributed by atoms with van der Waals surface area (Å²) in [4.78, 5) is 25.4. The quantitative estimate of drug-likeness (QED) is 0.847. The summed E-state index contributed by atoms with van der Waals surface area (Å²) in [6, 6.07) is 6.76. The number of hydrogen-bond acceptors (Lipinski definition) is 4. The number of rotatable bonds is 5. The van der Waals surface area contributed by atoms with Gasteiger partial charge in [-0.1, -0.05) is 6.58 Å². The van der Waals surface area contributed by atoms with Crippen molar-refractivity contribution in [2.24, 2.45) is 0 Å². The van der Waals surface area contributed by atoms with Gasteiger partial charge in [0.2, 0.25) is 5.91 Å². The van der Waals surface area contributed by atoms with Gasteiger partial charge in [-0.25, -0.2) is 0 Å². The molecule has 0 fully saturated rings. The Hall–Kier alpha value is -2.96. The standard InChI is InChI=1S/C17H19N5O2/c1-3-16(23)18-13-8-6-12(7-9-13)17(24)21(2)11-15-20-19-14-5-4-10-22(14)15/h3,6-9H,1,4-5,10-11H2,2H3,(H,18,23). The number of benzene rings is 1. The number of fused-ring (bicyclic) bond motifs is 1. The van der Waals surface area contributed by atoms with Gasteiger partial charge in [0.1, 0.15) is 5.82 Å². The first-order chi connectivity index (χ1) is 11.6. The van der Waals surface area contributed by atoms with Crippen LogP contribution in [0.3, 0.4) is 0 Å². The predicted octanol–water partition coefficient (Wildman–Crippen LogP) is 1.62. The van der Waals surface area contributed by atoms with Crippen LogP contribution in [0.4, 0.5) is 5.69 Å². The summed E-state index contributed by atoms with van der Waals surface area (Å²) in [7, 11) is 1.74. The van der Waals surface area contributed by atoms with Gasteiger partial charge in [0, 0.05) is 31.3 Å². The summed E-state index contributed by atoms with van der Waals surface area (Å²) in [5, 5.41) is 11.0. The van der Waals surface area contributed by atoms with Crippen LogP contribution in [-0.4, -0.2) is 38.5 Å². The Bertz CT molecular complexity index is 779. The number of carbonyl (C=O) groups excluding carboxylic acids is 2. The highest BCUT2D eigenvalue weighted by molar-refractivity contribution is 5.99. The summed E-state index contributed by atoms with van der Waals surface area (Å²) in [6.45, 7) is 4.73. The van der Waals surface area contributed by atoms with Gasteiger partial charge < -0.3 is 14.8 Å². The molecule has 2 aromatic rings. The second kappa shape index (κ2) is 6.66. The van der Waals surface area contributed by atoms with Gasteiger partial charge in [-0.2, -0.15) is 0 Å². The third-order valence-corrected chi connectivity index (χ3v) is 4.00. The fraction of sp³-hybridized carbons (Fsp3) is 0.294. The SMILES string of the molecule is C=CC(=O)Nc1ccc(C(=O)N(C)Cc2nnc3n2CCC3)cc1. The maximum atomic E-state index is 12.5.